The fourth-order valence-electron chi connectivity index (χ4n) is 16.3. The molecule has 14 heteroatoms. The number of carbonyl (C=O) groups excluding carboxylic acids is 6. The molecule has 0 spiro atoms. The molecule has 116 heavy (non-hydrogen) atoms. The molecule has 0 atom stereocenters. The molecule has 0 unspecified atom stereocenters. The lowest BCUT2D eigenvalue weighted by molar-refractivity contribution is -0.151. The van der Waals surface area contributed by atoms with E-state index in [0.717, 1.165) is 193 Å². The van der Waals surface area contributed by atoms with Crippen molar-refractivity contribution in [3.8, 4) is 0 Å². The molecule has 0 radical (unpaired) electrons. The molecule has 688 valence electrons. The van der Waals surface area contributed by atoms with E-state index in [2.05, 4.69) is 65.2 Å². The molecule has 0 aromatic heterocycles. The van der Waals surface area contributed by atoms with Gasteiger partial charge in [-0.2, -0.15) is 0 Å². The Morgan fingerprint density at radius 3 is 0.534 bits per heavy atom. The highest BCUT2D eigenvalue weighted by Gasteiger charge is 2.20. The van der Waals surface area contributed by atoms with E-state index in [-0.39, 0.29) is 48.0 Å². The second kappa shape index (κ2) is 91.0. The van der Waals surface area contributed by atoms with Crippen LogP contribution in [0.15, 0.2) is 0 Å². The van der Waals surface area contributed by atoms with Crippen molar-refractivity contribution in [1.82, 2.24) is 9.80 Å². The third-order valence-corrected chi connectivity index (χ3v) is 24.1. The van der Waals surface area contributed by atoms with Crippen molar-refractivity contribution < 1.29 is 57.2 Å². The molecule has 0 N–H and O–H groups in total. The van der Waals surface area contributed by atoms with Gasteiger partial charge in [-0.3, -0.25) is 28.8 Å². The van der Waals surface area contributed by atoms with Gasteiger partial charge in [0.25, 0.3) is 0 Å². The Bertz CT molecular complexity index is 1950. The summed E-state index contributed by atoms with van der Waals surface area (Å²) in [7, 11) is 8.14. The van der Waals surface area contributed by atoms with Crippen molar-refractivity contribution in [2.24, 2.45) is 23.7 Å². The molecule has 0 amide bonds. The predicted molar refractivity (Wildman–Crippen MR) is 492 cm³/mol. The van der Waals surface area contributed by atoms with Gasteiger partial charge in [-0.25, -0.2) is 0 Å². The third kappa shape index (κ3) is 85.7. The molecule has 0 heterocycles. The normalized spacial score (nSPS) is 11.7. The van der Waals surface area contributed by atoms with Crippen molar-refractivity contribution in [3.63, 3.8) is 0 Å². The average molecular weight is 1640 g/mol. The van der Waals surface area contributed by atoms with Crippen LogP contribution in [0.4, 0.5) is 0 Å². The van der Waals surface area contributed by atoms with E-state index in [1.807, 2.05) is 28.2 Å². The van der Waals surface area contributed by atoms with E-state index in [0.29, 0.717) is 88.6 Å². The summed E-state index contributed by atoms with van der Waals surface area (Å²) >= 11 is 0. The SMILES string of the molecule is CCCCCC(CCCCC)CCOC(=O)CCCCCCCC(CCCCCCCC(=O)OCCC(CCCCC)CCCCC)OC(=O)CCCN(C)C.CCCCCC(CCCCC)CCOC(=O)CCCCCCCCCC(CCCCCCCCCC(=O)OCCC(CCCCC)CCCCC)OC(=O)CCCN(C)C. The number of nitrogens with zero attached hydrogens (tertiary/aromatic N) is 2. The van der Waals surface area contributed by atoms with E-state index >= 15 is 0 Å². The van der Waals surface area contributed by atoms with Crippen LogP contribution in [0.25, 0.3) is 0 Å². The first-order valence-corrected chi connectivity index (χ1v) is 50.8. The lowest BCUT2D eigenvalue weighted by Gasteiger charge is -2.18. The maximum Gasteiger partial charge on any atom is 0.306 e. The number of rotatable bonds is 90. The summed E-state index contributed by atoms with van der Waals surface area (Å²) in [6.45, 7) is 22.2. The highest BCUT2D eigenvalue weighted by atomic mass is 16.6. The number of esters is 6. The van der Waals surface area contributed by atoms with Crippen molar-refractivity contribution in [3.05, 3.63) is 0 Å². The fourth-order valence-corrected chi connectivity index (χ4v) is 16.3. The van der Waals surface area contributed by atoms with Gasteiger partial charge in [0.2, 0.25) is 0 Å². The highest BCUT2D eigenvalue weighted by molar-refractivity contribution is 5.71. The summed E-state index contributed by atoms with van der Waals surface area (Å²) in [5.74, 6) is 2.56. The molecular weight excluding hydrogens is 1450 g/mol. The van der Waals surface area contributed by atoms with Gasteiger partial charge < -0.3 is 38.2 Å². The van der Waals surface area contributed by atoms with Crippen LogP contribution in [0.2, 0.25) is 0 Å². The zero-order valence-corrected chi connectivity index (χ0v) is 79.4. The first-order valence-electron chi connectivity index (χ1n) is 50.8. The van der Waals surface area contributed by atoms with Gasteiger partial charge in [-0.1, -0.05) is 364 Å². The molecule has 0 aromatic carbocycles. The Morgan fingerprint density at radius 2 is 0.353 bits per heavy atom. The van der Waals surface area contributed by atoms with E-state index in [9.17, 15) is 28.8 Å². The van der Waals surface area contributed by atoms with Gasteiger partial charge in [0.1, 0.15) is 12.2 Å². The molecule has 14 nitrogen and oxygen atoms in total. The van der Waals surface area contributed by atoms with Gasteiger partial charge in [0, 0.05) is 38.5 Å². The monoisotopic (exact) mass is 1640 g/mol. The number of hydrogen-bond acceptors (Lipinski definition) is 14. The lowest BCUT2D eigenvalue weighted by Crippen LogP contribution is -2.20. The predicted octanol–water partition coefficient (Wildman–Crippen LogP) is 29.8. The maximum absolute atomic E-state index is 12.7. The topological polar surface area (TPSA) is 164 Å². The van der Waals surface area contributed by atoms with Crippen LogP contribution < -0.4 is 0 Å². The molecule has 0 fully saturated rings. The third-order valence-electron chi connectivity index (χ3n) is 24.1. The summed E-state index contributed by atoms with van der Waals surface area (Å²) < 4.78 is 34.6. The van der Waals surface area contributed by atoms with E-state index < -0.39 is 0 Å². The molecule has 0 bridgehead atoms. The smallest absolute Gasteiger partial charge is 0.306 e. The summed E-state index contributed by atoms with van der Waals surface area (Å²) in [5, 5.41) is 0. The standard InChI is InChI=1S/C53H103NO6.C49H95NO6/c1-7-11-25-34-48(35-26-12-8-2)43-46-58-51(55)40-31-23-19-15-17-21-29-38-50(60-53(57)42-33-45-54(5)6)39-30-22-18-16-20-24-32-41-52(56)59-47-44-49(36-27-13-9-3)37-28-14-10-4;1-7-11-21-30-44(31-22-12-8-2)39-42-54-47(51)36-27-19-15-17-25-34-46(56-49(53)38-29-41-50(5)6)35-26-18-16-20-28-37-48(52)55-43-40-45(32-23-13-9-3)33-24-14-10-4/h48-50H,7-47H2,1-6H3;44-46H,7-43H2,1-6H3. The van der Waals surface area contributed by atoms with Crippen LogP contribution >= 0.6 is 0 Å². The quantitative estimate of drug-likeness (QED) is 0.0321. The average Bonchev–Trinajstić information content (AvgIpc) is 0.974. The minimum Gasteiger partial charge on any atom is -0.466 e. The molecule has 0 aliphatic rings. The van der Waals surface area contributed by atoms with Crippen molar-refractivity contribution in [2.75, 3.05) is 67.7 Å². The van der Waals surface area contributed by atoms with Crippen molar-refractivity contribution in [2.45, 2.75) is 530 Å². The fraction of sp³-hybridized carbons (Fsp3) is 0.941. The molecule has 0 aliphatic heterocycles. The number of carbonyl (C=O) groups is 6. The highest BCUT2D eigenvalue weighted by Crippen LogP contribution is 2.28. The van der Waals surface area contributed by atoms with E-state index in [1.165, 1.54) is 244 Å². The first-order chi connectivity index (χ1) is 56.5. The molecule has 0 aromatic rings. The Balaban J connectivity index is 0. The van der Waals surface area contributed by atoms with Crippen LogP contribution in [-0.2, 0) is 57.2 Å². The van der Waals surface area contributed by atoms with Gasteiger partial charge in [0.15, 0.2) is 0 Å². The van der Waals surface area contributed by atoms with Crippen LogP contribution in [0, 0.1) is 23.7 Å². The number of hydrogen-bond donors (Lipinski definition) is 0. The molecule has 0 saturated heterocycles. The Labute approximate surface area is 720 Å². The number of ether oxygens (including phenoxy) is 6. The van der Waals surface area contributed by atoms with Gasteiger partial charge >= 0.3 is 35.8 Å². The second-order valence-electron chi connectivity index (χ2n) is 36.1. The minimum absolute atomic E-state index is 0.0168. The summed E-state index contributed by atoms with van der Waals surface area (Å²) in [5.41, 5.74) is 0. The van der Waals surface area contributed by atoms with Gasteiger partial charge in [0.05, 0.1) is 26.4 Å². The summed E-state index contributed by atoms with van der Waals surface area (Å²) in [4.78, 5) is 79.0. The Hall–Kier alpha value is -3.26. The lowest BCUT2D eigenvalue weighted by atomic mass is 9.92. The van der Waals surface area contributed by atoms with Crippen molar-refractivity contribution >= 4 is 35.8 Å². The number of unbranched alkanes of at least 4 members (excludes halogenated alkanes) is 36. The Kier molecular flexibility index (Phi) is 90.0. The minimum atomic E-state index is -0.0737. The zero-order chi connectivity index (χ0) is 85.5. The van der Waals surface area contributed by atoms with Crippen LogP contribution in [0.5, 0.6) is 0 Å². The van der Waals surface area contributed by atoms with E-state index in [1.54, 1.807) is 0 Å². The maximum atomic E-state index is 12.7. The molecule has 0 aliphatic carbocycles. The summed E-state index contributed by atoms with van der Waals surface area (Å²) in [6.07, 6.45) is 79.6. The molecule has 0 rings (SSSR count). The largest absolute Gasteiger partial charge is 0.466 e. The summed E-state index contributed by atoms with van der Waals surface area (Å²) in [6, 6.07) is 0. The van der Waals surface area contributed by atoms with Crippen molar-refractivity contribution in [1.29, 1.82) is 0 Å². The van der Waals surface area contributed by atoms with Gasteiger partial charge in [-0.15, -0.1) is 0 Å². The molecular formula is C102H198N2O12. The van der Waals surface area contributed by atoms with E-state index in [4.69, 9.17) is 28.4 Å². The second-order valence-corrected chi connectivity index (χ2v) is 36.1. The first kappa shape index (κ1) is 115. The van der Waals surface area contributed by atoms with Crippen LogP contribution in [0.3, 0.4) is 0 Å². The molecule has 0 saturated carbocycles. The zero-order valence-electron chi connectivity index (χ0n) is 79.4. The van der Waals surface area contributed by atoms with Crippen LogP contribution in [0.1, 0.15) is 518 Å². The van der Waals surface area contributed by atoms with Gasteiger partial charge in [-0.05, 0) is 181 Å². The Morgan fingerprint density at radius 1 is 0.190 bits per heavy atom. The van der Waals surface area contributed by atoms with Crippen LogP contribution in [-0.4, -0.2) is 126 Å².